The molecule has 0 spiro atoms. The van der Waals surface area contributed by atoms with Crippen molar-refractivity contribution in [3.8, 4) is 28.2 Å². The van der Waals surface area contributed by atoms with Crippen LogP contribution in [-0.2, 0) is 6.54 Å². The number of H-pyrrole nitrogens is 1. The lowest BCUT2D eigenvalue weighted by molar-refractivity contribution is 0.426. The molecule has 7 heteroatoms. The van der Waals surface area contributed by atoms with Gasteiger partial charge < -0.3 is 19.9 Å². The van der Waals surface area contributed by atoms with Crippen LogP contribution in [0.4, 0.5) is 5.82 Å². The van der Waals surface area contributed by atoms with Gasteiger partial charge in [0.05, 0.1) is 11.8 Å². The van der Waals surface area contributed by atoms with Crippen LogP contribution in [0.5, 0.6) is 5.75 Å². The Kier molecular flexibility index (Phi) is 4.18. The number of benzene rings is 1. The summed E-state index contributed by atoms with van der Waals surface area (Å²) in [5, 5.41) is 18.4. The SMILES string of the molecule is Oc1ccc(-c2cc(NCc3cccnc3)nc3[nH]ccc23)cc1-c1ccno1. The van der Waals surface area contributed by atoms with Crippen molar-refractivity contribution in [1.29, 1.82) is 0 Å². The Hall–Kier alpha value is -4.13. The number of aromatic nitrogens is 4. The molecular formula is C22H17N5O2. The lowest BCUT2D eigenvalue weighted by atomic mass is 9.99. The van der Waals surface area contributed by atoms with E-state index in [9.17, 15) is 5.11 Å². The molecule has 0 amide bonds. The molecule has 4 heterocycles. The Morgan fingerprint density at radius 2 is 2.00 bits per heavy atom. The van der Waals surface area contributed by atoms with Crippen molar-refractivity contribution in [2.75, 3.05) is 5.32 Å². The highest BCUT2D eigenvalue weighted by atomic mass is 16.5. The Labute approximate surface area is 166 Å². The van der Waals surface area contributed by atoms with Crippen LogP contribution in [0.2, 0.25) is 0 Å². The number of hydrogen-bond donors (Lipinski definition) is 3. The highest BCUT2D eigenvalue weighted by Gasteiger charge is 2.14. The number of aromatic hydroxyl groups is 1. The number of nitrogens with one attached hydrogen (secondary N) is 2. The van der Waals surface area contributed by atoms with Gasteiger partial charge in [0, 0.05) is 36.6 Å². The summed E-state index contributed by atoms with van der Waals surface area (Å²) in [6.45, 7) is 0.616. The molecule has 5 rings (SSSR count). The molecule has 29 heavy (non-hydrogen) atoms. The second-order valence-corrected chi connectivity index (χ2v) is 6.62. The first kappa shape index (κ1) is 17.0. The third-order valence-electron chi connectivity index (χ3n) is 4.74. The van der Waals surface area contributed by atoms with Crippen LogP contribution in [0.15, 0.2) is 77.8 Å². The molecule has 0 fully saturated rings. The van der Waals surface area contributed by atoms with Gasteiger partial charge in [-0.1, -0.05) is 17.3 Å². The van der Waals surface area contributed by atoms with Gasteiger partial charge in [-0.15, -0.1) is 0 Å². The van der Waals surface area contributed by atoms with Gasteiger partial charge >= 0.3 is 0 Å². The first-order valence-electron chi connectivity index (χ1n) is 9.13. The molecule has 0 bridgehead atoms. The Morgan fingerprint density at radius 1 is 1.03 bits per heavy atom. The normalized spacial score (nSPS) is 11.0. The molecule has 0 saturated carbocycles. The maximum absolute atomic E-state index is 10.3. The summed E-state index contributed by atoms with van der Waals surface area (Å²) in [7, 11) is 0. The van der Waals surface area contributed by atoms with Gasteiger partial charge in [-0.25, -0.2) is 4.98 Å². The zero-order chi connectivity index (χ0) is 19.6. The van der Waals surface area contributed by atoms with E-state index in [0.29, 0.717) is 17.9 Å². The molecule has 142 valence electrons. The predicted molar refractivity (Wildman–Crippen MR) is 110 cm³/mol. The zero-order valence-corrected chi connectivity index (χ0v) is 15.3. The van der Waals surface area contributed by atoms with Crippen LogP contribution in [-0.4, -0.2) is 25.2 Å². The molecule has 0 aliphatic heterocycles. The highest BCUT2D eigenvalue weighted by Crippen LogP contribution is 2.36. The summed E-state index contributed by atoms with van der Waals surface area (Å²) < 4.78 is 5.23. The molecule has 0 unspecified atom stereocenters. The monoisotopic (exact) mass is 383 g/mol. The summed E-state index contributed by atoms with van der Waals surface area (Å²) >= 11 is 0. The average Bonchev–Trinajstić information content (AvgIpc) is 3.45. The molecule has 0 saturated heterocycles. The van der Waals surface area contributed by atoms with Crippen LogP contribution >= 0.6 is 0 Å². The largest absolute Gasteiger partial charge is 0.507 e. The third kappa shape index (κ3) is 3.29. The van der Waals surface area contributed by atoms with Crippen molar-refractivity contribution in [3.63, 3.8) is 0 Å². The van der Waals surface area contributed by atoms with Crippen molar-refractivity contribution in [1.82, 2.24) is 20.1 Å². The van der Waals surface area contributed by atoms with Gasteiger partial charge in [-0.2, -0.15) is 0 Å². The van der Waals surface area contributed by atoms with Crippen LogP contribution in [0.25, 0.3) is 33.5 Å². The van der Waals surface area contributed by atoms with E-state index in [2.05, 4.69) is 25.4 Å². The molecule has 4 aromatic heterocycles. The number of pyridine rings is 2. The summed E-state index contributed by atoms with van der Waals surface area (Å²) in [5.74, 6) is 1.39. The molecule has 7 nitrogen and oxygen atoms in total. The van der Waals surface area contributed by atoms with Gasteiger partial charge in [0.1, 0.15) is 17.2 Å². The minimum absolute atomic E-state index is 0.139. The van der Waals surface area contributed by atoms with Gasteiger partial charge in [0.25, 0.3) is 0 Å². The number of fused-ring (bicyclic) bond motifs is 1. The van der Waals surface area contributed by atoms with Crippen molar-refractivity contribution in [2.45, 2.75) is 6.54 Å². The van der Waals surface area contributed by atoms with Gasteiger partial charge in [0.2, 0.25) is 0 Å². The number of hydrogen-bond acceptors (Lipinski definition) is 6. The maximum atomic E-state index is 10.3. The van der Waals surface area contributed by atoms with Crippen molar-refractivity contribution in [2.24, 2.45) is 0 Å². The summed E-state index contributed by atoms with van der Waals surface area (Å²) in [6.07, 6.45) is 7.00. The topological polar surface area (TPSA) is 99.9 Å². The smallest absolute Gasteiger partial charge is 0.170 e. The van der Waals surface area contributed by atoms with Gasteiger partial charge in [-0.05, 0) is 47.0 Å². The minimum atomic E-state index is 0.139. The van der Waals surface area contributed by atoms with Crippen LogP contribution in [0.1, 0.15) is 5.56 Å². The number of phenols is 1. The molecule has 0 aliphatic rings. The number of anilines is 1. The molecule has 0 aliphatic carbocycles. The van der Waals surface area contributed by atoms with E-state index in [1.54, 1.807) is 24.5 Å². The standard InChI is InChI=1S/C22H17N5O2/c28-19-4-3-15(10-18(19)20-6-9-26-29-20)17-11-21(27-22-16(17)5-8-24-22)25-13-14-2-1-7-23-12-14/h1-12,28H,13H2,(H2,24,25,27). The fraction of sp³-hybridized carbons (Fsp3) is 0.0455. The fourth-order valence-electron chi connectivity index (χ4n) is 3.32. The minimum Gasteiger partial charge on any atom is -0.507 e. The lowest BCUT2D eigenvalue weighted by Gasteiger charge is -2.11. The lowest BCUT2D eigenvalue weighted by Crippen LogP contribution is -2.02. The second kappa shape index (κ2) is 7.12. The van der Waals surface area contributed by atoms with E-state index in [-0.39, 0.29) is 5.75 Å². The first-order chi connectivity index (χ1) is 14.3. The van der Waals surface area contributed by atoms with E-state index in [1.165, 1.54) is 0 Å². The van der Waals surface area contributed by atoms with Gasteiger partial charge in [0.15, 0.2) is 5.76 Å². The highest BCUT2D eigenvalue weighted by molar-refractivity contribution is 5.95. The average molecular weight is 383 g/mol. The zero-order valence-electron chi connectivity index (χ0n) is 15.3. The third-order valence-corrected chi connectivity index (χ3v) is 4.74. The van der Waals surface area contributed by atoms with Crippen molar-refractivity contribution < 1.29 is 9.63 Å². The van der Waals surface area contributed by atoms with E-state index in [4.69, 9.17) is 4.52 Å². The molecule has 0 radical (unpaired) electrons. The summed E-state index contributed by atoms with van der Waals surface area (Å²) in [4.78, 5) is 12.0. The van der Waals surface area contributed by atoms with Crippen molar-refractivity contribution in [3.05, 3.63) is 78.9 Å². The van der Waals surface area contributed by atoms with Crippen LogP contribution < -0.4 is 5.32 Å². The first-order valence-corrected chi connectivity index (χ1v) is 9.13. The number of phenolic OH excluding ortho intramolecular Hbond substituents is 1. The van der Waals surface area contributed by atoms with Crippen LogP contribution in [0.3, 0.4) is 0 Å². The quantitative estimate of drug-likeness (QED) is 0.410. The van der Waals surface area contributed by atoms with E-state index < -0.39 is 0 Å². The number of rotatable bonds is 5. The molecule has 5 aromatic rings. The van der Waals surface area contributed by atoms with E-state index in [1.807, 2.05) is 48.8 Å². The summed E-state index contributed by atoms with van der Waals surface area (Å²) in [6, 6.07) is 15.1. The van der Waals surface area contributed by atoms with E-state index >= 15 is 0 Å². The molecular weight excluding hydrogens is 366 g/mol. The predicted octanol–water partition coefficient (Wildman–Crippen LogP) is 4.60. The fourth-order valence-corrected chi connectivity index (χ4v) is 3.32. The number of aromatic amines is 1. The molecule has 3 N–H and O–H groups in total. The molecule has 1 aromatic carbocycles. The Morgan fingerprint density at radius 3 is 2.83 bits per heavy atom. The Balaban J connectivity index is 1.56. The summed E-state index contributed by atoms with van der Waals surface area (Å²) in [5.41, 5.74) is 4.37. The van der Waals surface area contributed by atoms with Crippen molar-refractivity contribution >= 4 is 16.9 Å². The second-order valence-electron chi connectivity index (χ2n) is 6.62. The van der Waals surface area contributed by atoms with Crippen LogP contribution in [0, 0.1) is 0 Å². The molecule has 0 atom stereocenters. The van der Waals surface area contributed by atoms with E-state index in [0.717, 1.165) is 33.5 Å². The Bertz CT molecular complexity index is 1260. The number of nitrogens with zero attached hydrogens (tertiary/aromatic N) is 3. The maximum Gasteiger partial charge on any atom is 0.170 e. The van der Waals surface area contributed by atoms with Gasteiger partial charge in [-0.3, -0.25) is 4.98 Å².